The van der Waals surface area contributed by atoms with E-state index in [1.165, 1.54) is 22.2 Å². The Hall–Kier alpha value is -2.90. The number of thiophene rings is 1. The molecule has 0 radical (unpaired) electrons. The number of carbonyl (C=O) groups excluding carboxylic acids is 1. The lowest BCUT2D eigenvalue weighted by atomic mass is 10.2. The van der Waals surface area contributed by atoms with Gasteiger partial charge in [0.25, 0.3) is 5.56 Å². The van der Waals surface area contributed by atoms with Crippen molar-refractivity contribution >= 4 is 44.9 Å². The van der Waals surface area contributed by atoms with Crippen LogP contribution in [0.5, 0.6) is 0 Å². The summed E-state index contributed by atoms with van der Waals surface area (Å²) in [6, 6.07) is 19.3. The number of nitrogens with one attached hydrogen (secondary N) is 1. The summed E-state index contributed by atoms with van der Waals surface area (Å²) < 4.78 is 1.34. The van der Waals surface area contributed by atoms with Gasteiger partial charge in [0, 0.05) is 15.5 Å². The molecule has 0 aliphatic heterocycles. The van der Waals surface area contributed by atoms with E-state index in [4.69, 9.17) is 0 Å². The third kappa shape index (κ3) is 3.85. The summed E-state index contributed by atoms with van der Waals surface area (Å²) in [5.74, 6) is -0.265. The van der Waals surface area contributed by atoms with E-state index < -0.39 is 0 Å². The second-order valence-electron chi connectivity index (χ2n) is 6.15. The number of anilines is 1. The van der Waals surface area contributed by atoms with Gasteiger partial charge >= 0.3 is 0 Å². The Morgan fingerprint density at radius 2 is 1.89 bits per heavy atom. The van der Waals surface area contributed by atoms with E-state index >= 15 is 0 Å². The third-order valence-electron chi connectivity index (χ3n) is 4.26. The van der Waals surface area contributed by atoms with Crippen molar-refractivity contribution in [1.82, 2.24) is 9.55 Å². The number of hydrogen-bond donors (Lipinski definition) is 1. The van der Waals surface area contributed by atoms with Gasteiger partial charge in [-0.1, -0.05) is 30.3 Å². The number of benzene rings is 2. The van der Waals surface area contributed by atoms with Gasteiger partial charge in [0.2, 0.25) is 5.91 Å². The molecule has 0 fully saturated rings. The molecule has 140 valence electrons. The molecular weight excluding hydrogens is 390 g/mol. The molecule has 1 N–H and O–H groups in total. The van der Waals surface area contributed by atoms with Crippen molar-refractivity contribution in [3.05, 3.63) is 77.3 Å². The molecule has 1 amide bonds. The molecule has 5 nitrogen and oxygen atoms in total. The fraction of sp³-hybridized carbons (Fsp3) is 0.0952. The summed E-state index contributed by atoms with van der Waals surface area (Å²) in [6.07, 6.45) is 3.43. The molecule has 0 bridgehead atoms. The van der Waals surface area contributed by atoms with Crippen LogP contribution in [-0.4, -0.2) is 21.7 Å². The standard InChI is InChI=1S/C21H17N3O2S2/c1-27-16-9-7-15(8-10-16)23-19(25)12-24-13-22-20-17(21(24)26)11-18(28-20)14-5-3-2-4-6-14/h2-11,13H,12H2,1H3,(H,23,25). The van der Waals surface area contributed by atoms with E-state index in [0.717, 1.165) is 15.3 Å². The smallest absolute Gasteiger partial charge is 0.262 e. The number of aromatic nitrogens is 2. The van der Waals surface area contributed by atoms with Crippen LogP contribution in [0.2, 0.25) is 0 Å². The first-order valence-electron chi connectivity index (χ1n) is 8.62. The lowest BCUT2D eigenvalue weighted by Gasteiger charge is -2.07. The first-order valence-corrected chi connectivity index (χ1v) is 10.7. The molecule has 4 rings (SSSR count). The zero-order valence-electron chi connectivity index (χ0n) is 15.1. The lowest BCUT2D eigenvalue weighted by Crippen LogP contribution is -2.27. The monoisotopic (exact) mass is 407 g/mol. The van der Waals surface area contributed by atoms with E-state index in [-0.39, 0.29) is 18.0 Å². The van der Waals surface area contributed by atoms with E-state index in [9.17, 15) is 9.59 Å². The zero-order valence-corrected chi connectivity index (χ0v) is 16.7. The second-order valence-corrected chi connectivity index (χ2v) is 8.06. The highest BCUT2D eigenvalue weighted by Crippen LogP contribution is 2.30. The molecule has 0 aliphatic carbocycles. The Morgan fingerprint density at radius 1 is 1.14 bits per heavy atom. The maximum absolute atomic E-state index is 12.8. The molecule has 0 unspecified atom stereocenters. The van der Waals surface area contributed by atoms with Crippen molar-refractivity contribution in [2.45, 2.75) is 11.4 Å². The second kappa shape index (κ2) is 8.00. The maximum Gasteiger partial charge on any atom is 0.262 e. The van der Waals surface area contributed by atoms with Gasteiger partial charge in [-0.2, -0.15) is 0 Å². The third-order valence-corrected chi connectivity index (χ3v) is 6.10. The number of rotatable bonds is 5. The normalized spacial score (nSPS) is 10.9. The fourth-order valence-electron chi connectivity index (χ4n) is 2.85. The number of amides is 1. The molecular formula is C21H17N3O2S2. The summed E-state index contributed by atoms with van der Waals surface area (Å²) in [4.78, 5) is 32.3. The van der Waals surface area contributed by atoms with Crippen molar-refractivity contribution in [2.24, 2.45) is 0 Å². The molecule has 0 aliphatic rings. The van der Waals surface area contributed by atoms with Gasteiger partial charge in [0.15, 0.2) is 0 Å². The van der Waals surface area contributed by atoms with Crippen molar-refractivity contribution in [2.75, 3.05) is 11.6 Å². The SMILES string of the molecule is CSc1ccc(NC(=O)Cn2cnc3sc(-c4ccccc4)cc3c2=O)cc1. The molecule has 0 spiro atoms. The van der Waals surface area contributed by atoms with Gasteiger partial charge < -0.3 is 5.32 Å². The molecule has 0 saturated heterocycles. The molecule has 2 aromatic heterocycles. The minimum Gasteiger partial charge on any atom is -0.325 e. The average Bonchev–Trinajstić information content (AvgIpc) is 3.17. The van der Waals surface area contributed by atoms with Crippen molar-refractivity contribution < 1.29 is 4.79 Å². The molecule has 4 aromatic rings. The molecule has 28 heavy (non-hydrogen) atoms. The minimum absolute atomic E-state index is 0.0808. The highest BCUT2D eigenvalue weighted by atomic mass is 32.2. The Kier molecular flexibility index (Phi) is 5.27. The van der Waals surface area contributed by atoms with Crippen LogP contribution in [0.4, 0.5) is 5.69 Å². The summed E-state index contributed by atoms with van der Waals surface area (Å²) in [5.41, 5.74) is 1.53. The number of nitrogens with zero attached hydrogens (tertiary/aromatic N) is 2. The Labute approximate surface area is 170 Å². The molecule has 7 heteroatoms. The van der Waals surface area contributed by atoms with Crippen molar-refractivity contribution in [3.8, 4) is 10.4 Å². The van der Waals surface area contributed by atoms with Crippen LogP contribution in [0, 0.1) is 0 Å². The largest absolute Gasteiger partial charge is 0.325 e. The fourth-order valence-corrected chi connectivity index (χ4v) is 4.25. The quantitative estimate of drug-likeness (QED) is 0.495. The number of fused-ring (bicyclic) bond motifs is 1. The highest BCUT2D eigenvalue weighted by Gasteiger charge is 2.12. The molecule has 2 aromatic carbocycles. The van der Waals surface area contributed by atoms with Crippen LogP contribution in [0.25, 0.3) is 20.7 Å². The van der Waals surface area contributed by atoms with Crippen LogP contribution in [0.15, 0.2) is 76.7 Å². The first kappa shape index (κ1) is 18.5. The zero-order chi connectivity index (χ0) is 19.5. The Bertz CT molecular complexity index is 1180. The highest BCUT2D eigenvalue weighted by molar-refractivity contribution is 7.98. The minimum atomic E-state index is -0.265. The van der Waals surface area contributed by atoms with Crippen LogP contribution in [0.3, 0.4) is 0 Å². The van der Waals surface area contributed by atoms with Crippen molar-refractivity contribution in [1.29, 1.82) is 0 Å². The number of thioether (sulfide) groups is 1. The molecule has 2 heterocycles. The van der Waals surface area contributed by atoms with Crippen molar-refractivity contribution in [3.63, 3.8) is 0 Å². The van der Waals surface area contributed by atoms with Gasteiger partial charge in [-0.05, 0) is 42.2 Å². The summed E-state index contributed by atoms with van der Waals surface area (Å²) in [7, 11) is 0. The topological polar surface area (TPSA) is 64.0 Å². The molecule has 0 saturated carbocycles. The average molecular weight is 408 g/mol. The van der Waals surface area contributed by atoms with E-state index in [2.05, 4.69) is 10.3 Å². The van der Waals surface area contributed by atoms with E-state index in [1.54, 1.807) is 11.8 Å². The maximum atomic E-state index is 12.8. The summed E-state index contributed by atoms with van der Waals surface area (Å²) in [6.45, 7) is -0.0808. The van der Waals surface area contributed by atoms with Gasteiger partial charge in [-0.25, -0.2) is 4.98 Å². The predicted octanol–water partition coefficient (Wildman–Crippen LogP) is 4.49. The first-order chi connectivity index (χ1) is 13.6. The van der Waals surface area contributed by atoms with Crippen LogP contribution < -0.4 is 10.9 Å². The number of hydrogen-bond acceptors (Lipinski definition) is 5. The van der Waals surface area contributed by atoms with Gasteiger partial charge in [-0.3, -0.25) is 14.2 Å². The van der Waals surface area contributed by atoms with Gasteiger partial charge in [0.1, 0.15) is 11.4 Å². The van der Waals surface area contributed by atoms with Crippen LogP contribution in [0.1, 0.15) is 0 Å². The van der Waals surface area contributed by atoms with E-state index in [0.29, 0.717) is 15.9 Å². The Balaban J connectivity index is 1.56. The lowest BCUT2D eigenvalue weighted by molar-refractivity contribution is -0.116. The van der Waals surface area contributed by atoms with Crippen LogP contribution in [-0.2, 0) is 11.3 Å². The van der Waals surface area contributed by atoms with Gasteiger partial charge in [0.05, 0.1) is 11.7 Å². The summed E-state index contributed by atoms with van der Waals surface area (Å²) >= 11 is 3.11. The predicted molar refractivity (Wildman–Crippen MR) is 116 cm³/mol. The van der Waals surface area contributed by atoms with E-state index in [1.807, 2.05) is 66.9 Å². The summed E-state index contributed by atoms with van der Waals surface area (Å²) in [5, 5.41) is 3.35. The Morgan fingerprint density at radius 3 is 2.61 bits per heavy atom. The number of carbonyl (C=O) groups is 1. The van der Waals surface area contributed by atoms with Gasteiger partial charge in [-0.15, -0.1) is 23.1 Å². The van der Waals surface area contributed by atoms with Crippen LogP contribution >= 0.6 is 23.1 Å². The molecule has 0 atom stereocenters.